The second-order valence-corrected chi connectivity index (χ2v) is 7.37. The zero-order chi connectivity index (χ0) is 16.8. The fourth-order valence-corrected chi connectivity index (χ4v) is 3.55. The van der Waals surface area contributed by atoms with E-state index in [0.717, 1.165) is 56.5 Å². The van der Waals surface area contributed by atoms with Crippen molar-refractivity contribution in [3.8, 4) is 11.4 Å². The molecule has 1 aliphatic heterocycles. The molecule has 3 fully saturated rings. The molecule has 0 N–H and O–H groups in total. The second kappa shape index (κ2) is 5.95. The number of nitrogens with zero attached hydrogens (tertiary/aromatic N) is 4. The molecule has 0 bridgehead atoms. The smallest absolute Gasteiger partial charge is 0.253 e. The summed E-state index contributed by atoms with van der Waals surface area (Å²) in [5, 5.41) is 4.08. The van der Waals surface area contributed by atoms with E-state index in [9.17, 15) is 4.79 Å². The molecule has 2 heterocycles. The number of carbonyl (C=O) groups excluding carboxylic acids is 1. The van der Waals surface area contributed by atoms with Gasteiger partial charge in [-0.3, -0.25) is 9.69 Å². The van der Waals surface area contributed by atoms with Crippen LogP contribution < -0.4 is 0 Å². The highest BCUT2D eigenvalue weighted by Crippen LogP contribution is 2.39. The fourth-order valence-electron chi connectivity index (χ4n) is 3.55. The Morgan fingerprint density at radius 3 is 2.60 bits per heavy atom. The lowest BCUT2D eigenvalue weighted by atomic mass is 10.1. The predicted molar refractivity (Wildman–Crippen MR) is 92.2 cm³/mol. The molecule has 0 atom stereocenters. The summed E-state index contributed by atoms with van der Waals surface area (Å²) in [5.41, 5.74) is 1.55. The Kier molecular flexibility index (Phi) is 3.59. The van der Waals surface area contributed by atoms with Gasteiger partial charge in [0.25, 0.3) is 5.91 Å². The maximum atomic E-state index is 12.8. The highest BCUT2D eigenvalue weighted by molar-refractivity contribution is 5.95. The van der Waals surface area contributed by atoms with E-state index >= 15 is 0 Å². The van der Waals surface area contributed by atoms with Crippen LogP contribution in [0.2, 0.25) is 0 Å². The zero-order valence-electron chi connectivity index (χ0n) is 14.2. The zero-order valence-corrected chi connectivity index (χ0v) is 14.2. The third-order valence-electron chi connectivity index (χ3n) is 5.40. The minimum absolute atomic E-state index is 0.100. The lowest BCUT2D eigenvalue weighted by Crippen LogP contribution is -2.49. The summed E-state index contributed by atoms with van der Waals surface area (Å²) in [6.07, 6.45) is 4.91. The summed E-state index contributed by atoms with van der Waals surface area (Å²) in [7, 11) is 0. The minimum Gasteiger partial charge on any atom is -0.339 e. The van der Waals surface area contributed by atoms with Gasteiger partial charge < -0.3 is 9.42 Å². The fraction of sp³-hybridized carbons (Fsp3) is 0.526. The Bertz CT molecular complexity index is 786. The number of hydrogen-bond donors (Lipinski definition) is 0. The van der Waals surface area contributed by atoms with Crippen molar-refractivity contribution in [3.05, 3.63) is 35.7 Å². The Hall–Kier alpha value is -2.21. The van der Waals surface area contributed by atoms with Crippen LogP contribution in [0.1, 0.15) is 47.8 Å². The van der Waals surface area contributed by atoms with Crippen LogP contribution in [0.25, 0.3) is 11.4 Å². The van der Waals surface area contributed by atoms with Crippen molar-refractivity contribution in [3.63, 3.8) is 0 Å². The van der Waals surface area contributed by atoms with E-state index < -0.39 is 0 Å². The number of benzene rings is 1. The maximum Gasteiger partial charge on any atom is 0.253 e. The Morgan fingerprint density at radius 1 is 1.08 bits per heavy atom. The third kappa shape index (κ3) is 3.06. The molecule has 25 heavy (non-hydrogen) atoms. The number of amides is 1. The molecular weight excluding hydrogens is 316 g/mol. The quantitative estimate of drug-likeness (QED) is 0.857. The molecule has 5 rings (SSSR count). The summed E-state index contributed by atoms with van der Waals surface area (Å²) in [5.74, 6) is 1.84. The first-order chi connectivity index (χ1) is 12.3. The Labute approximate surface area is 146 Å². The van der Waals surface area contributed by atoms with Gasteiger partial charge in [0, 0.05) is 49.3 Å². The van der Waals surface area contributed by atoms with Crippen LogP contribution in [-0.2, 0) is 0 Å². The van der Waals surface area contributed by atoms with Crippen LogP contribution in [0.5, 0.6) is 0 Å². The molecule has 2 aromatic rings. The molecule has 3 aliphatic rings. The van der Waals surface area contributed by atoms with E-state index in [1.165, 1.54) is 12.8 Å². The van der Waals surface area contributed by atoms with Crippen LogP contribution in [0.3, 0.4) is 0 Å². The van der Waals surface area contributed by atoms with Gasteiger partial charge in [0.05, 0.1) is 0 Å². The lowest BCUT2D eigenvalue weighted by Gasteiger charge is -2.34. The summed E-state index contributed by atoms with van der Waals surface area (Å²) in [4.78, 5) is 21.8. The van der Waals surface area contributed by atoms with Gasteiger partial charge in [-0.15, -0.1) is 0 Å². The first-order valence-corrected chi connectivity index (χ1v) is 9.25. The normalized spacial score (nSPS) is 21.5. The molecule has 0 unspecified atom stereocenters. The molecular formula is C19H22N4O2. The number of rotatable bonds is 4. The number of piperazine rings is 1. The van der Waals surface area contributed by atoms with E-state index in [4.69, 9.17) is 4.52 Å². The van der Waals surface area contributed by atoms with Crippen molar-refractivity contribution < 1.29 is 9.32 Å². The average Bonchev–Trinajstić information content (AvgIpc) is 3.60. The average molecular weight is 338 g/mol. The topological polar surface area (TPSA) is 62.5 Å². The van der Waals surface area contributed by atoms with Gasteiger partial charge in [-0.2, -0.15) is 4.98 Å². The van der Waals surface area contributed by atoms with Crippen LogP contribution in [-0.4, -0.2) is 58.1 Å². The molecule has 0 spiro atoms. The predicted octanol–water partition coefficient (Wildman–Crippen LogP) is 2.53. The minimum atomic E-state index is 0.100. The maximum absolute atomic E-state index is 12.8. The van der Waals surface area contributed by atoms with E-state index in [0.29, 0.717) is 17.3 Å². The first kappa shape index (κ1) is 15.1. The molecule has 1 amide bonds. The summed E-state index contributed by atoms with van der Waals surface area (Å²) in [6, 6.07) is 8.37. The summed E-state index contributed by atoms with van der Waals surface area (Å²) < 4.78 is 5.34. The third-order valence-corrected chi connectivity index (χ3v) is 5.40. The van der Waals surface area contributed by atoms with Crippen LogP contribution in [0, 0.1) is 0 Å². The van der Waals surface area contributed by atoms with E-state index in [1.807, 2.05) is 29.2 Å². The molecule has 2 aliphatic carbocycles. The van der Waals surface area contributed by atoms with Crippen molar-refractivity contribution in [2.24, 2.45) is 0 Å². The molecule has 0 radical (unpaired) electrons. The van der Waals surface area contributed by atoms with Gasteiger partial charge in [0.1, 0.15) is 0 Å². The van der Waals surface area contributed by atoms with Crippen molar-refractivity contribution in [1.29, 1.82) is 0 Å². The molecule has 6 heteroatoms. The number of carbonyl (C=O) groups is 1. The first-order valence-electron chi connectivity index (χ1n) is 9.25. The van der Waals surface area contributed by atoms with Gasteiger partial charge in [-0.25, -0.2) is 0 Å². The van der Waals surface area contributed by atoms with Crippen molar-refractivity contribution >= 4 is 5.91 Å². The highest BCUT2D eigenvalue weighted by Gasteiger charge is 2.33. The van der Waals surface area contributed by atoms with Crippen molar-refractivity contribution in [2.75, 3.05) is 26.2 Å². The SMILES string of the molecule is O=C(c1cccc(-c2noc(C3CC3)n2)c1)N1CCN(C2CC2)CC1. The molecule has 130 valence electrons. The second-order valence-electron chi connectivity index (χ2n) is 7.37. The molecule has 2 saturated carbocycles. The summed E-state index contributed by atoms with van der Waals surface area (Å²) in [6.45, 7) is 3.61. The standard InChI is InChI=1S/C19H22N4O2/c24-19(23-10-8-22(9-11-23)16-6-7-16)15-3-1-2-14(12-15)17-20-18(25-21-17)13-4-5-13/h1-3,12-13,16H,4-11H2. The largest absolute Gasteiger partial charge is 0.339 e. The van der Waals surface area contributed by atoms with E-state index in [-0.39, 0.29) is 5.91 Å². The van der Waals surface area contributed by atoms with E-state index in [1.54, 1.807) is 0 Å². The number of aromatic nitrogens is 2. The highest BCUT2D eigenvalue weighted by atomic mass is 16.5. The van der Waals surface area contributed by atoms with Crippen molar-refractivity contribution in [1.82, 2.24) is 19.9 Å². The van der Waals surface area contributed by atoms with Crippen LogP contribution in [0.15, 0.2) is 28.8 Å². The van der Waals surface area contributed by atoms with Gasteiger partial charge in [-0.1, -0.05) is 17.3 Å². The van der Waals surface area contributed by atoms with Crippen LogP contribution >= 0.6 is 0 Å². The van der Waals surface area contributed by atoms with Gasteiger partial charge in [-0.05, 0) is 37.8 Å². The molecule has 6 nitrogen and oxygen atoms in total. The van der Waals surface area contributed by atoms with Gasteiger partial charge in [0.2, 0.25) is 11.7 Å². The Morgan fingerprint density at radius 2 is 1.88 bits per heavy atom. The van der Waals surface area contributed by atoms with Crippen molar-refractivity contribution in [2.45, 2.75) is 37.6 Å². The molecule has 1 aromatic carbocycles. The Balaban J connectivity index is 1.30. The summed E-state index contributed by atoms with van der Waals surface area (Å²) >= 11 is 0. The van der Waals surface area contributed by atoms with Crippen LogP contribution in [0.4, 0.5) is 0 Å². The number of hydrogen-bond acceptors (Lipinski definition) is 5. The van der Waals surface area contributed by atoms with Gasteiger partial charge in [0.15, 0.2) is 0 Å². The molecule has 1 saturated heterocycles. The molecule has 1 aromatic heterocycles. The monoisotopic (exact) mass is 338 g/mol. The van der Waals surface area contributed by atoms with Gasteiger partial charge >= 0.3 is 0 Å². The lowest BCUT2D eigenvalue weighted by molar-refractivity contribution is 0.0627. The van der Waals surface area contributed by atoms with E-state index in [2.05, 4.69) is 15.0 Å².